The minimum atomic E-state index is -0.365. The Balaban J connectivity index is 1.34. The number of hydrogen-bond donors (Lipinski definition) is 2. The van der Waals surface area contributed by atoms with E-state index >= 15 is 0 Å². The zero-order valence-corrected chi connectivity index (χ0v) is 17.1. The molecule has 2 aliphatic heterocycles. The van der Waals surface area contributed by atoms with E-state index in [1.165, 1.54) is 6.07 Å². The molecule has 2 amide bonds. The Bertz CT molecular complexity index is 1100. The lowest BCUT2D eigenvalue weighted by Gasteiger charge is -2.21. The van der Waals surface area contributed by atoms with Crippen molar-refractivity contribution in [3.8, 4) is 23.0 Å². The minimum Gasteiger partial charge on any atom is -0.486 e. The van der Waals surface area contributed by atoms with Crippen LogP contribution in [0.5, 0.6) is 23.0 Å². The zero-order chi connectivity index (χ0) is 21.9. The lowest BCUT2D eigenvalue weighted by molar-refractivity contribution is 0.102. The van der Waals surface area contributed by atoms with Crippen LogP contribution in [0.4, 0.5) is 11.4 Å². The summed E-state index contributed by atoms with van der Waals surface area (Å²) in [4.78, 5) is 25.7. The number of rotatable bonds is 4. The van der Waals surface area contributed by atoms with E-state index in [0.717, 1.165) is 0 Å². The number of carbonyl (C=O) groups is 2. The van der Waals surface area contributed by atoms with Crippen LogP contribution < -0.4 is 29.6 Å². The molecule has 0 aromatic heterocycles. The smallest absolute Gasteiger partial charge is 0.255 e. The second-order valence-electron chi connectivity index (χ2n) is 7.15. The van der Waals surface area contributed by atoms with Crippen LogP contribution in [-0.2, 0) is 0 Å². The summed E-state index contributed by atoms with van der Waals surface area (Å²) in [5.41, 5.74) is 1.69. The first-order valence-corrected chi connectivity index (χ1v) is 10.2. The van der Waals surface area contributed by atoms with Crippen molar-refractivity contribution in [1.29, 1.82) is 0 Å². The molecule has 8 nitrogen and oxygen atoms in total. The number of nitrogens with one attached hydrogen (secondary N) is 2. The molecule has 2 heterocycles. The van der Waals surface area contributed by atoms with Gasteiger partial charge in [0.1, 0.15) is 26.4 Å². The summed E-state index contributed by atoms with van der Waals surface area (Å²) in [6.45, 7) is 1.74. The van der Waals surface area contributed by atoms with Gasteiger partial charge in [0.05, 0.1) is 11.4 Å². The number of fused-ring (bicyclic) bond motifs is 2. The minimum absolute atomic E-state index is 0.335. The maximum Gasteiger partial charge on any atom is 0.255 e. The molecule has 0 saturated carbocycles. The quantitative estimate of drug-likeness (QED) is 0.652. The summed E-state index contributed by atoms with van der Waals surface area (Å²) in [5.74, 6) is 1.43. The van der Waals surface area contributed by atoms with Gasteiger partial charge in [0.15, 0.2) is 23.0 Å². The fourth-order valence-electron chi connectivity index (χ4n) is 3.53. The molecule has 0 radical (unpaired) electrons. The molecule has 3 aromatic rings. The second kappa shape index (κ2) is 8.50. The molecule has 0 bridgehead atoms. The van der Waals surface area contributed by atoms with Gasteiger partial charge in [-0.15, -0.1) is 0 Å². The number of anilines is 2. The largest absolute Gasteiger partial charge is 0.486 e. The number of hydrogen-bond acceptors (Lipinski definition) is 6. The Hall–Kier alpha value is -4.20. The number of carbonyl (C=O) groups excluding carboxylic acids is 2. The molecule has 5 rings (SSSR count). The highest BCUT2D eigenvalue weighted by Crippen LogP contribution is 2.38. The van der Waals surface area contributed by atoms with Gasteiger partial charge in [0.2, 0.25) is 0 Å². The van der Waals surface area contributed by atoms with Gasteiger partial charge in [-0.3, -0.25) is 9.59 Å². The van der Waals surface area contributed by atoms with Gasteiger partial charge in [-0.05, 0) is 42.5 Å². The Morgan fingerprint density at radius 1 is 0.594 bits per heavy atom. The standard InChI is InChI=1S/C24H20N2O6/c27-23(25-17-6-2-8-19-21(17)31-12-10-29-19)15-4-1-5-16(14-15)24(28)26-18-7-3-9-20-22(18)32-13-11-30-20/h1-9,14H,10-13H2,(H,25,27)(H,26,28). The number of benzene rings is 3. The Morgan fingerprint density at radius 2 is 1.03 bits per heavy atom. The van der Waals surface area contributed by atoms with Gasteiger partial charge >= 0.3 is 0 Å². The van der Waals surface area contributed by atoms with E-state index in [1.807, 2.05) is 0 Å². The fourth-order valence-corrected chi connectivity index (χ4v) is 3.53. The predicted octanol–water partition coefficient (Wildman–Crippen LogP) is 3.73. The van der Waals surface area contributed by atoms with E-state index < -0.39 is 0 Å². The maximum atomic E-state index is 12.8. The molecule has 2 aliphatic rings. The Kier molecular flexibility index (Phi) is 5.25. The Morgan fingerprint density at radius 3 is 1.53 bits per heavy atom. The molecule has 0 saturated heterocycles. The van der Waals surface area contributed by atoms with E-state index in [1.54, 1.807) is 54.6 Å². The van der Waals surface area contributed by atoms with Crippen LogP contribution in [-0.4, -0.2) is 38.2 Å². The third-order valence-electron chi connectivity index (χ3n) is 5.02. The second-order valence-corrected chi connectivity index (χ2v) is 7.15. The molecule has 3 aromatic carbocycles. The number of amides is 2. The molecule has 0 atom stereocenters. The van der Waals surface area contributed by atoms with Gasteiger partial charge < -0.3 is 29.6 Å². The van der Waals surface area contributed by atoms with Crippen LogP contribution in [0.2, 0.25) is 0 Å². The molecule has 0 unspecified atom stereocenters. The van der Waals surface area contributed by atoms with Gasteiger partial charge in [0, 0.05) is 11.1 Å². The third-order valence-corrected chi connectivity index (χ3v) is 5.02. The van der Waals surface area contributed by atoms with Crippen molar-refractivity contribution in [3.63, 3.8) is 0 Å². The van der Waals surface area contributed by atoms with E-state index in [2.05, 4.69) is 10.6 Å². The molecular weight excluding hydrogens is 412 g/mol. The van der Waals surface area contributed by atoms with E-state index in [0.29, 0.717) is 71.9 Å². The molecule has 32 heavy (non-hydrogen) atoms. The van der Waals surface area contributed by atoms with Crippen LogP contribution in [0.25, 0.3) is 0 Å². The van der Waals surface area contributed by atoms with Crippen molar-refractivity contribution in [1.82, 2.24) is 0 Å². The van der Waals surface area contributed by atoms with E-state index in [4.69, 9.17) is 18.9 Å². The highest BCUT2D eigenvalue weighted by molar-refractivity contribution is 6.09. The monoisotopic (exact) mass is 432 g/mol. The highest BCUT2D eigenvalue weighted by atomic mass is 16.6. The first kappa shape index (κ1) is 19.7. The molecule has 8 heteroatoms. The van der Waals surface area contributed by atoms with Gasteiger partial charge in [0.25, 0.3) is 11.8 Å². The molecular formula is C24H20N2O6. The maximum absolute atomic E-state index is 12.8. The lowest BCUT2D eigenvalue weighted by Crippen LogP contribution is -2.20. The van der Waals surface area contributed by atoms with Crippen molar-refractivity contribution in [2.75, 3.05) is 37.1 Å². The first-order chi connectivity index (χ1) is 15.7. The van der Waals surface area contributed by atoms with Gasteiger partial charge in [-0.2, -0.15) is 0 Å². The van der Waals surface area contributed by atoms with Crippen LogP contribution >= 0.6 is 0 Å². The summed E-state index contributed by atoms with van der Waals surface area (Å²) in [5, 5.41) is 5.66. The van der Waals surface area contributed by atoms with Crippen molar-refractivity contribution >= 4 is 23.2 Å². The zero-order valence-electron chi connectivity index (χ0n) is 17.1. The number of para-hydroxylation sites is 2. The van der Waals surface area contributed by atoms with Crippen LogP contribution in [0.1, 0.15) is 20.7 Å². The third kappa shape index (κ3) is 3.90. The summed E-state index contributed by atoms with van der Waals surface area (Å²) in [6, 6.07) is 17.1. The molecule has 0 aliphatic carbocycles. The first-order valence-electron chi connectivity index (χ1n) is 10.2. The number of ether oxygens (including phenoxy) is 4. The average Bonchev–Trinajstić information content (AvgIpc) is 2.84. The summed E-state index contributed by atoms with van der Waals surface area (Å²) >= 11 is 0. The molecule has 2 N–H and O–H groups in total. The van der Waals surface area contributed by atoms with E-state index in [9.17, 15) is 9.59 Å². The van der Waals surface area contributed by atoms with Crippen molar-refractivity contribution in [2.24, 2.45) is 0 Å². The normalized spacial score (nSPS) is 13.8. The van der Waals surface area contributed by atoms with E-state index in [-0.39, 0.29) is 11.8 Å². The summed E-state index contributed by atoms with van der Waals surface area (Å²) < 4.78 is 22.4. The van der Waals surface area contributed by atoms with Crippen LogP contribution in [0.15, 0.2) is 60.7 Å². The molecule has 0 spiro atoms. The van der Waals surface area contributed by atoms with Crippen molar-refractivity contribution in [3.05, 3.63) is 71.8 Å². The fraction of sp³-hybridized carbons (Fsp3) is 0.167. The van der Waals surface area contributed by atoms with Crippen LogP contribution in [0.3, 0.4) is 0 Å². The predicted molar refractivity (Wildman–Crippen MR) is 117 cm³/mol. The lowest BCUT2D eigenvalue weighted by atomic mass is 10.1. The summed E-state index contributed by atoms with van der Waals surface area (Å²) in [7, 11) is 0. The molecule has 162 valence electrons. The molecule has 0 fully saturated rings. The summed E-state index contributed by atoms with van der Waals surface area (Å²) in [6.07, 6.45) is 0. The van der Waals surface area contributed by atoms with Crippen molar-refractivity contribution in [2.45, 2.75) is 0 Å². The van der Waals surface area contributed by atoms with Crippen molar-refractivity contribution < 1.29 is 28.5 Å². The SMILES string of the molecule is O=C(Nc1cccc2c1OCCO2)c1cccc(C(=O)Nc2cccc3c2OCCO3)c1. The Labute approximate surface area is 184 Å². The van der Waals surface area contributed by atoms with Gasteiger partial charge in [-0.1, -0.05) is 18.2 Å². The average molecular weight is 432 g/mol. The van der Waals surface area contributed by atoms with Gasteiger partial charge in [-0.25, -0.2) is 0 Å². The topological polar surface area (TPSA) is 95.1 Å². The highest BCUT2D eigenvalue weighted by Gasteiger charge is 2.20. The van der Waals surface area contributed by atoms with Crippen LogP contribution in [0, 0.1) is 0 Å².